The second-order valence-electron chi connectivity index (χ2n) is 9.01. The summed E-state index contributed by atoms with van der Waals surface area (Å²) in [5.41, 5.74) is 1.89. The lowest BCUT2D eigenvalue weighted by molar-refractivity contribution is -0.128. The average molecular weight is 432 g/mol. The molecule has 7 nitrogen and oxygen atoms in total. The minimum atomic E-state index is -0.614. The van der Waals surface area contributed by atoms with Crippen LogP contribution in [0.2, 0.25) is 0 Å². The Hall–Kier alpha value is -2.48. The van der Waals surface area contributed by atoms with Gasteiger partial charge in [0.1, 0.15) is 11.0 Å². The van der Waals surface area contributed by atoms with Crippen molar-refractivity contribution in [3.63, 3.8) is 0 Å². The summed E-state index contributed by atoms with van der Waals surface area (Å²) in [6, 6.07) is 7.38. The Kier molecular flexibility index (Phi) is 7.95. The van der Waals surface area contributed by atoms with Gasteiger partial charge in [-0.05, 0) is 35.6 Å². The van der Waals surface area contributed by atoms with Gasteiger partial charge in [-0.25, -0.2) is 0 Å². The average Bonchev–Trinajstić information content (AvgIpc) is 3.12. The fourth-order valence-electron chi connectivity index (χ4n) is 2.88. The number of aromatic nitrogens is 2. The Bertz CT molecular complexity index is 855. The molecule has 2 unspecified atom stereocenters. The van der Waals surface area contributed by atoms with E-state index >= 15 is 0 Å². The van der Waals surface area contributed by atoms with Crippen molar-refractivity contribution < 1.29 is 9.59 Å². The SMILES string of the molecule is CCC(C)C(NC(=O)CC(C)(C)C)C(=O)Nc1nnc(-c2ccc(N(C)C)cc2)s1. The van der Waals surface area contributed by atoms with Crippen molar-refractivity contribution in [2.75, 3.05) is 24.3 Å². The molecular formula is C22H33N5O2S. The number of carbonyl (C=O) groups is 2. The van der Waals surface area contributed by atoms with E-state index in [-0.39, 0.29) is 23.1 Å². The molecule has 0 fully saturated rings. The Morgan fingerprint density at radius 1 is 1.13 bits per heavy atom. The van der Waals surface area contributed by atoms with Crippen molar-refractivity contribution in [2.45, 2.75) is 53.5 Å². The second kappa shape index (κ2) is 10.0. The molecule has 0 radical (unpaired) electrons. The van der Waals surface area contributed by atoms with Crippen molar-refractivity contribution in [1.29, 1.82) is 0 Å². The first-order valence-corrected chi connectivity index (χ1v) is 11.0. The van der Waals surface area contributed by atoms with Gasteiger partial charge in [-0.3, -0.25) is 14.9 Å². The third-order valence-corrected chi connectivity index (χ3v) is 5.68. The molecule has 2 aromatic rings. The van der Waals surface area contributed by atoms with Gasteiger partial charge >= 0.3 is 0 Å². The van der Waals surface area contributed by atoms with Crippen LogP contribution >= 0.6 is 11.3 Å². The second-order valence-corrected chi connectivity index (χ2v) is 9.99. The molecule has 0 aliphatic rings. The molecule has 2 amide bonds. The largest absolute Gasteiger partial charge is 0.378 e. The van der Waals surface area contributed by atoms with Crippen LogP contribution in [0.4, 0.5) is 10.8 Å². The smallest absolute Gasteiger partial charge is 0.249 e. The normalized spacial score (nSPS) is 13.4. The minimum Gasteiger partial charge on any atom is -0.378 e. The Labute approximate surface area is 183 Å². The number of nitrogens with zero attached hydrogens (tertiary/aromatic N) is 3. The van der Waals surface area contributed by atoms with Gasteiger partial charge in [0.15, 0.2) is 0 Å². The summed E-state index contributed by atoms with van der Waals surface area (Å²) in [5.74, 6) is -0.390. The Morgan fingerprint density at radius 2 is 1.77 bits per heavy atom. The predicted molar refractivity (Wildman–Crippen MR) is 124 cm³/mol. The summed E-state index contributed by atoms with van der Waals surface area (Å²) in [5, 5.41) is 15.2. The number of carbonyl (C=O) groups excluding carboxylic acids is 2. The zero-order valence-electron chi connectivity index (χ0n) is 18.9. The van der Waals surface area contributed by atoms with Crippen molar-refractivity contribution in [3.05, 3.63) is 24.3 Å². The molecule has 0 bridgehead atoms. The van der Waals surface area contributed by atoms with E-state index in [1.165, 1.54) is 11.3 Å². The van der Waals surface area contributed by atoms with E-state index in [4.69, 9.17) is 0 Å². The van der Waals surface area contributed by atoms with Gasteiger partial charge in [-0.1, -0.05) is 52.4 Å². The summed E-state index contributed by atoms with van der Waals surface area (Å²) < 4.78 is 0. The van der Waals surface area contributed by atoms with Gasteiger partial charge in [-0.15, -0.1) is 10.2 Å². The van der Waals surface area contributed by atoms with Crippen LogP contribution in [-0.2, 0) is 9.59 Å². The first-order valence-electron chi connectivity index (χ1n) is 10.2. The highest BCUT2D eigenvalue weighted by Crippen LogP contribution is 2.28. The zero-order valence-corrected chi connectivity index (χ0v) is 19.8. The highest BCUT2D eigenvalue weighted by atomic mass is 32.1. The van der Waals surface area contributed by atoms with E-state index in [1.807, 2.05) is 77.9 Å². The maximum absolute atomic E-state index is 12.9. The molecule has 2 N–H and O–H groups in total. The minimum absolute atomic E-state index is 0.000104. The molecule has 0 spiro atoms. The molecule has 164 valence electrons. The van der Waals surface area contributed by atoms with Crippen LogP contribution in [0.25, 0.3) is 10.6 Å². The summed E-state index contributed by atoms with van der Waals surface area (Å²) in [6.07, 6.45) is 1.13. The maximum atomic E-state index is 12.9. The molecule has 8 heteroatoms. The van der Waals surface area contributed by atoms with Crippen LogP contribution in [0, 0.1) is 11.3 Å². The highest BCUT2D eigenvalue weighted by molar-refractivity contribution is 7.18. The third kappa shape index (κ3) is 6.79. The first-order chi connectivity index (χ1) is 14.0. The van der Waals surface area contributed by atoms with E-state index in [9.17, 15) is 9.59 Å². The number of hydrogen-bond acceptors (Lipinski definition) is 6. The lowest BCUT2D eigenvalue weighted by Crippen LogP contribution is -2.48. The van der Waals surface area contributed by atoms with Crippen LogP contribution in [-0.4, -0.2) is 42.1 Å². The number of amides is 2. The molecule has 30 heavy (non-hydrogen) atoms. The molecule has 0 aliphatic heterocycles. The number of hydrogen-bond donors (Lipinski definition) is 2. The number of nitrogens with one attached hydrogen (secondary N) is 2. The van der Waals surface area contributed by atoms with Gasteiger partial charge < -0.3 is 10.2 Å². The van der Waals surface area contributed by atoms with Gasteiger partial charge in [0.05, 0.1) is 0 Å². The maximum Gasteiger partial charge on any atom is 0.249 e. The Morgan fingerprint density at radius 3 is 2.30 bits per heavy atom. The summed E-state index contributed by atoms with van der Waals surface area (Å²) in [4.78, 5) is 27.3. The molecular weight excluding hydrogens is 398 g/mol. The number of benzene rings is 1. The number of anilines is 2. The summed E-state index contributed by atoms with van der Waals surface area (Å²) >= 11 is 1.31. The van der Waals surface area contributed by atoms with Gasteiger partial charge in [0.2, 0.25) is 16.9 Å². The predicted octanol–water partition coefficient (Wildman–Crippen LogP) is 4.18. The first kappa shape index (κ1) is 23.8. The van der Waals surface area contributed by atoms with Crippen molar-refractivity contribution in [2.24, 2.45) is 11.3 Å². The fraction of sp³-hybridized carbons (Fsp3) is 0.545. The lowest BCUT2D eigenvalue weighted by Gasteiger charge is -2.25. The van der Waals surface area contributed by atoms with E-state index in [1.54, 1.807) is 0 Å². The van der Waals surface area contributed by atoms with Crippen molar-refractivity contribution >= 4 is 34.0 Å². The van der Waals surface area contributed by atoms with Crippen LogP contribution < -0.4 is 15.5 Å². The van der Waals surface area contributed by atoms with Gasteiger partial charge in [0, 0.05) is 31.8 Å². The molecule has 0 saturated carbocycles. The monoisotopic (exact) mass is 431 g/mol. The van der Waals surface area contributed by atoms with E-state index in [0.29, 0.717) is 11.6 Å². The Balaban J connectivity index is 2.09. The molecule has 2 rings (SSSR count). The van der Waals surface area contributed by atoms with Gasteiger partial charge in [-0.2, -0.15) is 0 Å². The van der Waals surface area contributed by atoms with Crippen molar-refractivity contribution in [3.8, 4) is 10.6 Å². The molecule has 2 atom stereocenters. The molecule has 0 saturated heterocycles. The van der Waals surface area contributed by atoms with E-state index in [2.05, 4.69) is 20.8 Å². The number of rotatable bonds is 8. The standard InChI is InChI=1S/C22H33N5O2S/c1-8-14(2)18(23-17(28)13-22(3,4)5)19(29)24-21-26-25-20(30-21)15-9-11-16(12-10-15)27(6)7/h9-12,14,18H,8,13H2,1-7H3,(H,23,28)(H,24,26,29). The molecule has 1 aromatic carbocycles. The van der Waals surface area contributed by atoms with E-state index in [0.717, 1.165) is 22.7 Å². The summed E-state index contributed by atoms with van der Waals surface area (Å²) in [6.45, 7) is 9.96. The van der Waals surface area contributed by atoms with Crippen LogP contribution in [0.5, 0.6) is 0 Å². The molecule has 0 aliphatic carbocycles. The van der Waals surface area contributed by atoms with Crippen molar-refractivity contribution in [1.82, 2.24) is 15.5 Å². The lowest BCUT2D eigenvalue weighted by atomic mass is 9.91. The summed E-state index contributed by atoms with van der Waals surface area (Å²) in [7, 11) is 3.98. The van der Waals surface area contributed by atoms with E-state index < -0.39 is 6.04 Å². The fourth-order valence-corrected chi connectivity index (χ4v) is 3.64. The third-order valence-electron chi connectivity index (χ3n) is 4.79. The molecule has 1 heterocycles. The quantitative estimate of drug-likeness (QED) is 0.655. The molecule has 1 aromatic heterocycles. The topological polar surface area (TPSA) is 87.2 Å². The van der Waals surface area contributed by atoms with Crippen LogP contribution in [0.1, 0.15) is 47.5 Å². The zero-order chi connectivity index (χ0) is 22.5. The van der Waals surface area contributed by atoms with Crippen LogP contribution in [0.15, 0.2) is 24.3 Å². The van der Waals surface area contributed by atoms with Gasteiger partial charge in [0.25, 0.3) is 0 Å². The highest BCUT2D eigenvalue weighted by Gasteiger charge is 2.28. The van der Waals surface area contributed by atoms with Crippen LogP contribution in [0.3, 0.4) is 0 Å².